The number of aromatic nitrogens is 2. The van der Waals surface area contributed by atoms with Crippen molar-refractivity contribution < 1.29 is 9.59 Å². The van der Waals surface area contributed by atoms with Gasteiger partial charge in [-0.15, -0.1) is 0 Å². The molecule has 0 radical (unpaired) electrons. The molecule has 8 heteroatoms. The number of halogens is 1. The molecule has 0 saturated heterocycles. The SMILES string of the molecule is CN(C)C1CCC(C(=O)Nc2cccnc2C(=O)Nc2ccc(Cl)cn2)CC1. The summed E-state index contributed by atoms with van der Waals surface area (Å²) in [6.07, 6.45) is 6.63. The Morgan fingerprint density at radius 3 is 2.46 bits per heavy atom. The highest BCUT2D eigenvalue weighted by molar-refractivity contribution is 6.30. The molecule has 1 aliphatic carbocycles. The van der Waals surface area contributed by atoms with Gasteiger partial charge >= 0.3 is 0 Å². The molecule has 0 spiro atoms. The van der Waals surface area contributed by atoms with Crippen LogP contribution in [0.2, 0.25) is 5.02 Å². The standard InChI is InChI=1S/C20H24ClN5O2/c1-26(2)15-8-5-13(6-9-15)19(27)24-16-4-3-11-22-18(16)20(28)25-17-10-7-14(21)12-23-17/h3-4,7,10-13,15H,5-6,8-9H2,1-2H3,(H,24,27)(H,23,25,28). The van der Waals surface area contributed by atoms with E-state index in [0.717, 1.165) is 25.7 Å². The van der Waals surface area contributed by atoms with E-state index in [2.05, 4.69) is 39.6 Å². The predicted octanol–water partition coefficient (Wildman–Crippen LogP) is 3.44. The Morgan fingerprint density at radius 2 is 1.82 bits per heavy atom. The lowest BCUT2D eigenvalue weighted by Gasteiger charge is -2.32. The van der Waals surface area contributed by atoms with Crippen molar-refractivity contribution in [2.45, 2.75) is 31.7 Å². The first-order chi connectivity index (χ1) is 13.4. The van der Waals surface area contributed by atoms with Gasteiger partial charge in [-0.1, -0.05) is 11.6 Å². The number of carbonyl (C=O) groups is 2. The molecule has 1 aliphatic rings. The summed E-state index contributed by atoms with van der Waals surface area (Å²) in [4.78, 5) is 35.7. The Kier molecular flexibility index (Phi) is 6.59. The average Bonchev–Trinajstić information content (AvgIpc) is 2.70. The maximum atomic E-state index is 12.7. The molecule has 3 rings (SSSR count). The molecule has 0 bridgehead atoms. The molecular weight excluding hydrogens is 378 g/mol. The monoisotopic (exact) mass is 401 g/mol. The van der Waals surface area contributed by atoms with E-state index >= 15 is 0 Å². The molecule has 2 heterocycles. The van der Waals surface area contributed by atoms with Gasteiger partial charge in [0.05, 0.1) is 10.7 Å². The molecule has 2 N–H and O–H groups in total. The summed E-state index contributed by atoms with van der Waals surface area (Å²) in [5, 5.41) is 6.03. The summed E-state index contributed by atoms with van der Waals surface area (Å²) in [6.45, 7) is 0. The van der Waals surface area contributed by atoms with Crippen LogP contribution in [0.1, 0.15) is 36.2 Å². The zero-order valence-corrected chi connectivity index (χ0v) is 16.7. The van der Waals surface area contributed by atoms with E-state index in [1.165, 1.54) is 12.4 Å². The third-order valence-corrected chi connectivity index (χ3v) is 5.27. The van der Waals surface area contributed by atoms with Gasteiger partial charge in [0.2, 0.25) is 5.91 Å². The van der Waals surface area contributed by atoms with Crippen molar-refractivity contribution in [1.82, 2.24) is 14.9 Å². The zero-order valence-electron chi connectivity index (χ0n) is 16.0. The molecule has 1 fully saturated rings. The van der Waals surface area contributed by atoms with Gasteiger partial charge in [0.15, 0.2) is 5.69 Å². The maximum Gasteiger partial charge on any atom is 0.277 e. The van der Waals surface area contributed by atoms with E-state index in [9.17, 15) is 9.59 Å². The number of anilines is 2. The van der Waals surface area contributed by atoms with Crippen LogP contribution < -0.4 is 10.6 Å². The Labute approximate surface area is 169 Å². The van der Waals surface area contributed by atoms with Crippen LogP contribution in [-0.2, 0) is 4.79 Å². The van der Waals surface area contributed by atoms with Crippen LogP contribution in [0, 0.1) is 5.92 Å². The van der Waals surface area contributed by atoms with Crippen molar-refractivity contribution >= 4 is 34.9 Å². The van der Waals surface area contributed by atoms with E-state index in [-0.39, 0.29) is 17.5 Å². The molecule has 2 aromatic rings. The third-order valence-electron chi connectivity index (χ3n) is 5.05. The normalized spacial score (nSPS) is 19.3. The second-order valence-electron chi connectivity index (χ2n) is 7.17. The summed E-state index contributed by atoms with van der Waals surface area (Å²) in [6, 6.07) is 7.13. The summed E-state index contributed by atoms with van der Waals surface area (Å²) >= 11 is 5.81. The molecule has 2 amide bonds. The number of rotatable bonds is 5. The van der Waals surface area contributed by atoms with Crippen molar-refractivity contribution in [1.29, 1.82) is 0 Å². The third kappa shape index (κ3) is 5.05. The number of amides is 2. The second kappa shape index (κ2) is 9.12. The minimum atomic E-state index is -0.443. The van der Waals surface area contributed by atoms with Crippen LogP contribution in [0.15, 0.2) is 36.7 Å². The Bertz CT molecular complexity index is 833. The number of nitrogens with one attached hydrogen (secondary N) is 2. The van der Waals surface area contributed by atoms with E-state index < -0.39 is 5.91 Å². The largest absolute Gasteiger partial charge is 0.324 e. The van der Waals surface area contributed by atoms with Gasteiger partial charge in [0, 0.05) is 24.4 Å². The molecule has 7 nitrogen and oxygen atoms in total. The predicted molar refractivity (Wildman–Crippen MR) is 109 cm³/mol. The first-order valence-corrected chi connectivity index (χ1v) is 9.67. The summed E-state index contributed by atoms with van der Waals surface area (Å²) in [5.41, 5.74) is 0.545. The smallest absolute Gasteiger partial charge is 0.277 e. The van der Waals surface area contributed by atoms with Crippen molar-refractivity contribution in [3.8, 4) is 0 Å². The molecule has 0 atom stereocenters. The summed E-state index contributed by atoms with van der Waals surface area (Å²) < 4.78 is 0. The van der Waals surface area contributed by atoms with E-state index in [4.69, 9.17) is 11.6 Å². The lowest BCUT2D eigenvalue weighted by molar-refractivity contribution is -0.121. The molecule has 148 valence electrons. The van der Waals surface area contributed by atoms with Gasteiger partial charge in [-0.25, -0.2) is 9.97 Å². The molecule has 2 aromatic heterocycles. The lowest BCUT2D eigenvalue weighted by atomic mass is 9.85. The molecule has 0 unspecified atom stereocenters. The molecule has 28 heavy (non-hydrogen) atoms. The highest BCUT2D eigenvalue weighted by Gasteiger charge is 2.28. The fourth-order valence-electron chi connectivity index (χ4n) is 3.40. The van der Waals surface area contributed by atoms with Gasteiger partial charge in [-0.2, -0.15) is 0 Å². The van der Waals surface area contributed by atoms with Crippen molar-refractivity contribution in [2.24, 2.45) is 5.92 Å². The minimum Gasteiger partial charge on any atom is -0.324 e. The molecule has 0 aromatic carbocycles. The number of nitrogens with zero attached hydrogens (tertiary/aromatic N) is 3. The van der Waals surface area contributed by atoms with Crippen LogP contribution in [0.4, 0.5) is 11.5 Å². The highest BCUT2D eigenvalue weighted by atomic mass is 35.5. The van der Waals surface area contributed by atoms with Crippen LogP contribution in [0.25, 0.3) is 0 Å². The minimum absolute atomic E-state index is 0.0507. The van der Waals surface area contributed by atoms with E-state index in [0.29, 0.717) is 22.6 Å². The first-order valence-electron chi connectivity index (χ1n) is 9.29. The van der Waals surface area contributed by atoms with Gasteiger partial charge < -0.3 is 15.5 Å². The second-order valence-corrected chi connectivity index (χ2v) is 7.61. The van der Waals surface area contributed by atoms with E-state index in [1.54, 1.807) is 24.3 Å². The topological polar surface area (TPSA) is 87.2 Å². The van der Waals surface area contributed by atoms with Gasteiger partial charge in [0.1, 0.15) is 5.82 Å². The van der Waals surface area contributed by atoms with Crippen LogP contribution >= 0.6 is 11.6 Å². The van der Waals surface area contributed by atoms with Crippen molar-refractivity contribution in [3.63, 3.8) is 0 Å². The summed E-state index contributed by atoms with van der Waals surface area (Å²) in [5.74, 6) is -0.199. The van der Waals surface area contributed by atoms with Gasteiger partial charge in [-0.3, -0.25) is 9.59 Å². The van der Waals surface area contributed by atoms with Crippen LogP contribution in [-0.4, -0.2) is 46.8 Å². The highest BCUT2D eigenvalue weighted by Crippen LogP contribution is 2.28. The maximum absolute atomic E-state index is 12.7. The zero-order chi connectivity index (χ0) is 20.1. The number of hydrogen-bond acceptors (Lipinski definition) is 5. The number of pyridine rings is 2. The van der Waals surface area contributed by atoms with Crippen molar-refractivity contribution in [2.75, 3.05) is 24.7 Å². The van der Waals surface area contributed by atoms with Gasteiger partial charge in [0.25, 0.3) is 5.91 Å². The molecular formula is C20H24ClN5O2. The average molecular weight is 402 g/mol. The molecule has 0 aliphatic heterocycles. The number of hydrogen-bond donors (Lipinski definition) is 2. The molecule has 1 saturated carbocycles. The van der Waals surface area contributed by atoms with Gasteiger partial charge in [-0.05, 0) is 64.0 Å². The lowest BCUT2D eigenvalue weighted by Crippen LogP contribution is -2.35. The van der Waals surface area contributed by atoms with Crippen molar-refractivity contribution in [3.05, 3.63) is 47.4 Å². The summed E-state index contributed by atoms with van der Waals surface area (Å²) in [7, 11) is 4.14. The van der Waals surface area contributed by atoms with E-state index in [1.807, 2.05) is 0 Å². The Balaban J connectivity index is 1.66. The fraction of sp³-hybridized carbons (Fsp3) is 0.400. The fourth-order valence-corrected chi connectivity index (χ4v) is 3.51. The Hall–Kier alpha value is -2.51. The van der Waals surface area contributed by atoms with Crippen LogP contribution in [0.3, 0.4) is 0 Å². The van der Waals surface area contributed by atoms with Crippen LogP contribution in [0.5, 0.6) is 0 Å². The number of carbonyl (C=O) groups excluding carboxylic acids is 2. The Morgan fingerprint density at radius 1 is 1.07 bits per heavy atom. The quantitative estimate of drug-likeness (QED) is 0.801. The first kappa shape index (κ1) is 20.2.